The lowest BCUT2D eigenvalue weighted by atomic mass is 9.63. The zero-order chi connectivity index (χ0) is 10.4. The Morgan fingerprint density at radius 1 is 1.29 bits per heavy atom. The Balaban J connectivity index is 1.73. The van der Waals surface area contributed by atoms with Gasteiger partial charge >= 0.3 is 6.18 Å². The molecule has 0 radical (unpaired) electrons. The molecule has 1 aliphatic carbocycles. The lowest BCUT2D eigenvalue weighted by Gasteiger charge is -2.56. The minimum absolute atomic E-state index is 0.259. The number of alkyl halides is 3. The van der Waals surface area contributed by atoms with E-state index in [-0.39, 0.29) is 6.54 Å². The SMILES string of the molecule is OC(CN1CC2(CCC2)C1)C(F)(F)F. The van der Waals surface area contributed by atoms with Crippen molar-refractivity contribution in [2.24, 2.45) is 5.41 Å². The van der Waals surface area contributed by atoms with Crippen LogP contribution in [0.15, 0.2) is 0 Å². The molecule has 0 aromatic heterocycles. The van der Waals surface area contributed by atoms with E-state index >= 15 is 0 Å². The zero-order valence-corrected chi connectivity index (χ0v) is 7.85. The summed E-state index contributed by atoms with van der Waals surface area (Å²) in [4.78, 5) is 1.69. The van der Waals surface area contributed by atoms with E-state index in [0.717, 1.165) is 25.9 Å². The van der Waals surface area contributed by atoms with Crippen molar-refractivity contribution in [1.29, 1.82) is 0 Å². The first-order valence-electron chi connectivity index (χ1n) is 4.88. The summed E-state index contributed by atoms with van der Waals surface area (Å²) in [6.45, 7) is 1.21. The highest BCUT2D eigenvalue weighted by Crippen LogP contribution is 2.48. The first-order chi connectivity index (χ1) is 6.41. The van der Waals surface area contributed by atoms with Crippen LogP contribution in [0.5, 0.6) is 0 Å². The van der Waals surface area contributed by atoms with E-state index in [1.807, 2.05) is 0 Å². The van der Waals surface area contributed by atoms with Crippen molar-refractivity contribution in [3.05, 3.63) is 0 Å². The van der Waals surface area contributed by atoms with Crippen molar-refractivity contribution in [2.45, 2.75) is 31.5 Å². The number of aliphatic hydroxyl groups is 1. The summed E-state index contributed by atoms with van der Waals surface area (Å²) in [6.07, 6.45) is -3.16. The van der Waals surface area contributed by atoms with Gasteiger partial charge in [-0.3, -0.25) is 4.90 Å². The van der Waals surface area contributed by atoms with E-state index in [4.69, 9.17) is 5.11 Å². The molecular weight excluding hydrogens is 195 g/mol. The first kappa shape index (κ1) is 10.2. The molecular formula is C9H14F3NO. The highest BCUT2D eigenvalue weighted by atomic mass is 19.4. The van der Waals surface area contributed by atoms with Crippen molar-refractivity contribution in [2.75, 3.05) is 19.6 Å². The molecule has 0 bridgehead atoms. The number of hydrogen-bond acceptors (Lipinski definition) is 2. The molecule has 2 fully saturated rings. The van der Waals surface area contributed by atoms with Crippen LogP contribution in [0.1, 0.15) is 19.3 Å². The second-order valence-corrected chi connectivity index (χ2v) is 4.58. The van der Waals surface area contributed by atoms with E-state index < -0.39 is 12.3 Å². The van der Waals surface area contributed by atoms with Crippen LogP contribution >= 0.6 is 0 Å². The Kier molecular flexibility index (Phi) is 2.27. The van der Waals surface area contributed by atoms with Gasteiger partial charge in [-0.2, -0.15) is 13.2 Å². The molecule has 0 aromatic rings. The summed E-state index contributed by atoms with van der Waals surface area (Å²) < 4.78 is 35.9. The normalized spacial score (nSPS) is 28.3. The third-order valence-corrected chi connectivity index (χ3v) is 3.34. The second-order valence-electron chi connectivity index (χ2n) is 4.58. The van der Waals surface area contributed by atoms with Gasteiger partial charge in [0.25, 0.3) is 0 Å². The van der Waals surface area contributed by atoms with Crippen LogP contribution in [0.2, 0.25) is 0 Å². The van der Waals surface area contributed by atoms with Crippen LogP contribution < -0.4 is 0 Å². The third kappa shape index (κ3) is 1.75. The minimum atomic E-state index is -4.47. The van der Waals surface area contributed by atoms with Gasteiger partial charge in [-0.1, -0.05) is 6.42 Å². The zero-order valence-electron chi connectivity index (χ0n) is 7.85. The summed E-state index contributed by atoms with van der Waals surface area (Å²) in [5.41, 5.74) is 0.325. The quantitative estimate of drug-likeness (QED) is 0.743. The minimum Gasteiger partial charge on any atom is -0.382 e. The number of halogens is 3. The van der Waals surface area contributed by atoms with Crippen LogP contribution in [0, 0.1) is 5.41 Å². The standard InChI is InChI=1S/C9H14F3NO/c10-9(11,12)7(14)4-13-5-8(6-13)2-1-3-8/h7,14H,1-6H2. The fourth-order valence-electron chi connectivity index (χ4n) is 2.37. The number of hydrogen-bond donors (Lipinski definition) is 1. The van der Waals surface area contributed by atoms with Crippen molar-refractivity contribution in [3.8, 4) is 0 Å². The monoisotopic (exact) mass is 209 g/mol. The molecule has 1 saturated heterocycles. The average Bonchev–Trinajstić information content (AvgIpc) is 1.88. The van der Waals surface area contributed by atoms with Crippen LogP contribution in [-0.2, 0) is 0 Å². The molecule has 2 aliphatic rings. The largest absolute Gasteiger partial charge is 0.415 e. The third-order valence-electron chi connectivity index (χ3n) is 3.34. The Labute approximate surface area is 80.7 Å². The molecule has 1 atom stereocenters. The molecule has 1 heterocycles. The molecule has 1 unspecified atom stereocenters. The van der Waals surface area contributed by atoms with Gasteiger partial charge in [0.2, 0.25) is 0 Å². The Morgan fingerprint density at radius 2 is 1.86 bits per heavy atom. The van der Waals surface area contributed by atoms with Crippen molar-refractivity contribution in [3.63, 3.8) is 0 Å². The average molecular weight is 209 g/mol. The number of aliphatic hydroxyl groups excluding tert-OH is 1. The molecule has 2 nitrogen and oxygen atoms in total. The van der Waals surface area contributed by atoms with Gasteiger partial charge in [0, 0.05) is 19.6 Å². The summed E-state index contributed by atoms with van der Waals surface area (Å²) in [5.74, 6) is 0. The van der Waals surface area contributed by atoms with Crippen LogP contribution in [-0.4, -0.2) is 41.9 Å². The fraction of sp³-hybridized carbons (Fsp3) is 1.00. The number of nitrogens with zero attached hydrogens (tertiary/aromatic N) is 1. The molecule has 82 valence electrons. The molecule has 1 saturated carbocycles. The fourth-order valence-corrected chi connectivity index (χ4v) is 2.37. The number of rotatable bonds is 2. The molecule has 0 aromatic carbocycles. The maximum atomic E-state index is 12.0. The number of likely N-dealkylation sites (tertiary alicyclic amines) is 1. The maximum absolute atomic E-state index is 12.0. The molecule has 2 rings (SSSR count). The smallest absolute Gasteiger partial charge is 0.382 e. The van der Waals surface area contributed by atoms with Crippen molar-refractivity contribution in [1.82, 2.24) is 4.90 Å². The molecule has 1 N–H and O–H groups in total. The van der Waals surface area contributed by atoms with E-state index in [9.17, 15) is 13.2 Å². The van der Waals surface area contributed by atoms with Gasteiger partial charge in [0.05, 0.1) is 0 Å². The van der Waals surface area contributed by atoms with Gasteiger partial charge < -0.3 is 5.11 Å². The Morgan fingerprint density at radius 3 is 2.21 bits per heavy atom. The summed E-state index contributed by atoms with van der Waals surface area (Å²) in [5, 5.41) is 8.82. The lowest BCUT2D eigenvalue weighted by molar-refractivity contribution is -0.217. The molecule has 1 spiro atoms. The molecule has 14 heavy (non-hydrogen) atoms. The van der Waals surface area contributed by atoms with E-state index in [0.29, 0.717) is 5.41 Å². The lowest BCUT2D eigenvalue weighted by Crippen LogP contribution is -2.61. The van der Waals surface area contributed by atoms with E-state index in [2.05, 4.69) is 0 Å². The van der Waals surface area contributed by atoms with Crippen molar-refractivity contribution < 1.29 is 18.3 Å². The highest BCUT2D eigenvalue weighted by molar-refractivity contribution is 5.00. The van der Waals surface area contributed by atoms with Crippen molar-refractivity contribution >= 4 is 0 Å². The van der Waals surface area contributed by atoms with Gasteiger partial charge in [0.1, 0.15) is 0 Å². The second kappa shape index (κ2) is 3.10. The molecule has 1 aliphatic heterocycles. The Hall–Kier alpha value is -0.290. The predicted octanol–water partition coefficient (Wildman–Crippen LogP) is 1.40. The van der Waals surface area contributed by atoms with Crippen LogP contribution in [0.25, 0.3) is 0 Å². The van der Waals surface area contributed by atoms with Gasteiger partial charge in [0.15, 0.2) is 6.10 Å². The van der Waals surface area contributed by atoms with Gasteiger partial charge in [-0.05, 0) is 18.3 Å². The maximum Gasteiger partial charge on any atom is 0.415 e. The Bertz CT molecular complexity index is 217. The molecule has 0 amide bonds. The van der Waals surface area contributed by atoms with Crippen LogP contribution in [0.3, 0.4) is 0 Å². The summed E-state index contributed by atoms with van der Waals surface area (Å²) in [7, 11) is 0. The van der Waals surface area contributed by atoms with E-state index in [1.54, 1.807) is 4.90 Å². The molecule has 5 heteroatoms. The highest BCUT2D eigenvalue weighted by Gasteiger charge is 2.49. The number of β-amino-alcohol motifs (C(OH)–C–C–N with tert-alkyl or cyclic N) is 1. The predicted molar refractivity (Wildman–Crippen MR) is 44.8 cm³/mol. The first-order valence-corrected chi connectivity index (χ1v) is 4.88. The van der Waals surface area contributed by atoms with Gasteiger partial charge in [-0.25, -0.2) is 0 Å². The summed E-state index contributed by atoms with van der Waals surface area (Å²) >= 11 is 0. The van der Waals surface area contributed by atoms with Crippen LogP contribution in [0.4, 0.5) is 13.2 Å². The topological polar surface area (TPSA) is 23.5 Å². The van der Waals surface area contributed by atoms with E-state index in [1.165, 1.54) is 6.42 Å². The van der Waals surface area contributed by atoms with Gasteiger partial charge in [-0.15, -0.1) is 0 Å². The summed E-state index contributed by atoms with van der Waals surface area (Å²) in [6, 6.07) is 0.